The Kier molecular flexibility index (Phi) is 5.67. The number of hydrogen-bond donors (Lipinski definition) is 1. The minimum Gasteiger partial charge on any atom is -0.496 e. The highest BCUT2D eigenvalue weighted by Gasteiger charge is 2.22. The third-order valence-corrected chi connectivity index (χ3v) is 6.22. The molecule has 2 aromatic rings. The number of hydrogen-bond acceptors (Lipinski definition) is 3. The first kappa shape index (κ1) is 18.9. The quantitative estimate of drug-likeness (QED) is 0.802. The van der Waals surface area contributed by atoms with E-state index in [1.807, 2.05) is 6.92 Å². The van der Waals surface area contributed by atoms with Crippen LogP contribution in [0.5, 0.6) is 5.75 Å². The maximum atomic E-state index is 13.3. The van der Waals surface area contributed by atoms with E-state index in [9.17, 15) is 12.8 Å². The molecule has 7 heteroatoms. The Bertz CT molecular complexity index is 882. The van der Waals surface area contributed by atoms with Crippen LogP contribution in [0.25, 0.3) is 0 Å². The van der Waals surface area contributed by atoms with Crippen molar-refractivity contribution in [2.75, 3.05) is 7.11 Å². The third kappa shape index (κ3) is 3.79. The van der Waals surface area contributed by atoms with Crippen molar-refractivity contribution in [2.24, 2.45) is 0 Å². The molecule has 0 fully saturated rings. The molecular weight excluding hydrogens is 397 g/mol. The molecule has 0 saturated heterocycles. The summed E-state index contributed by atoms with van der Waals surface area (Å²) in [5.41, 5.74) is 2.71. The van der Waals surface area contributed by atoms with Crippen LogP contribution in [0.3, 0.4) is 0 Å². The number of sulfonamides is 1. The molecule has 0 saturated carbocycles. The van der Waals surface area contributed by atoms with E-state index in [4.69, 9.17) is 4.74 Å². The van der Waals surface area contributed by atoms with Crippen LogP contribution in [-0.2, 0) is 16.6 Å². The van der Waals surface area contributed by atoms with E-state index in [0.29, 0.717) is 26.9 Å². The second kappa shape index (κ2) is 7.21. The lowest BCUT2D eigenvalue weighted by atomic mass is 10.1. The smallest absolute Gasteiger partial charge is 0.241 e. The zero-order chi connectivity index (χ0) is 18.1. The van der Waals surface area contributed by atoms with Crippen LogP contribution in [-0.4, -0.2) is 15.5 Å². The molecular formula is C17H19BrFNO3S. The van der Waals surface area contributed by atoms with Crippen molar-refractivity contribution in [2.45, 2.75) is 32.2 Å². The van der Waals surface area contributed by atoms with E-state index in [1.165, 1.54) is 6.07 Å². The Balaban J connectivity index is 2.34. The summed E-state index contributed by atoms with van der Waals surface area (Å²) in [6, 6.07) is 6.10. The summed E-state index contributed by atoms with van der Waals surface area (Å²) in [6.07, 6.45) is 0. The van der Waals surface area contributed by atoms with Gasteiger partial charge in [0, 0.05) is 6.54 Å². The predicted octanol–water partition coefficient (Wildman–Crippen LogP) is 4.00. The van der Waals surface area contributed by atoms with Crippen LogP contribution in [0.15, 0.2) is 33.6 Å². The van der Waals surface area contributed by atoms with Crippen LogP contribution in [0.1, 0.15) is 22.3 Å². The topological polar surface area (TPSA) is 55.4 Å². The zero-order valence-electron chi connectivity index (χ0n) is 13.9. The Labute approximate surface area is 150 Å². The minimum atomic E-state index is -3.70. The number of ether oxygens (including phenoxy) is 1. The fourth-order valence-corrected chi connectivity index (χ4v) is 4.51. The molecule has 0 heterocycles. The van der Waals surface area contributed by atoms with Crippen molar-refractivity contribution in [3.8, 4) is 5.75 Å². The molecule has 0 aliphatic heterocycles. The normalized spacial score (nSPS) is 11.6. The second-order valence-electron chi connectivity index (χ2n) is 5.55. The second-order valence-corrected chi connectivity index (χ2v) is 8.11. The van der Waals surface area contributed by atoms with Crippen molar-refractivity contribution in [3.63, 3.8) is 0 Å². The fraction of sp³-hybridized carbons (Fsp3) is 0.294. The summed E-state index contributed by atoms with van der Waals surface area (Å²) >= 11 is 3.09. The summed E-state index contributed by atoms with van der Waals surface area (Å²) in [6.45, 7) is 5.39. The van der Waals surface area contributed by atoms with Crippen molar-refractivity contribution in [1.82, 2.24) is 4.72 Å². The van der Waals surface area contributed by atoms with Crippen molar-refractivity contribution < 1.29 is 17.5 Å². The Morgan fingerprint density at radius 3 is 2.42 bits per heavy atom. The highest BCUT2D eigenvalue weighted by molar-refractivity contribution is 9.10. The molecule has 0 bridgehead atoms. The molecule has 0 unspecified atom stereocenters. The average molecular weight is 416 g/mol. The maximum absolute atomic E-state index is 13.3. The molecule has 2 rings (SSSR count). The molecule has 0 aliphatic carbocycles. The predicted molar refractivity (Wildman–Crippen MR) is 95.3 cm³/mol. The van der Waals surface area contributed by atoms with Crippen molar-refractivity contribution in [1.29, 1.82) is 0 Å². The van der Waals surface area contributed by atoms with Gasteiger partial charge in [0.15, 0.2) is 0 Å². The van der Waals surface area contributed by atoms with Gasteiger partial charge < -0.3 is 4.74 Å². The van der Waals surface area contributed by atoms with Gasteiger partial charge in [0.05, 0.1) is 16.5 Å². The first-order chi connectivity index (χ1) is 11.2. The van der Waals surface area contributed by atoms with Gasteiger partial charge in [-0.05, 0) is 77.2 Å². The van der Waals surface area contributed by atoms with Crippen LogP contribution in [0.2, 0.25) is 0 Å². The SMILES string of the molecule is COc1cc(C)c(S(=O)(=O)NCc2ccc(F)c(Br)c2)c(C)c1C. The lowest BCUT2D eigenvalue weighted by Gasteiger charge is -2.16. The number of halogens is 2. The number of methoxy groups -OCH3 is 1. The third-order valence-electron chi connectivity index (χ3n) is 3.92. The van der Waals surface area contributed by atoms with Crippen LogP contribution in [0.4, 0.5) is 4.39 Å². The van der Waals surface area contributed by atoms with E-state index in [0.717, 1.165) is 5.56 Å². The number of nitrogens with one attached hydrogen (secondary N) is 1. The molecule has 1 N–H and O–H groups in total. The van der Waals surface area contributed by atoms with Gasteiger partial charge in [-0.1, -0.05) is 6.07 Å². The Morgan fingerprint density at radius 1 is 1.17 bits per heavy atom. The Hall–Kier alpha value is -1.44. The maximum Gasteiger partial charge on any atom is 0.241 e. The summed E-state index contributed by atoms with van der Waals surface area (Å²) in [7, 11) is -2.15. The summed E-state index contributed by atoms with van der Waals surface area (Å²) in [5.74, 6) is 0.269. The highest BCUT2D eigenvalue weighted by Crippen LogP contribution is 2.30. The van der Waals surface area contributed by atoms with Gasteiger partial charge in [-0.3, -0.25) is 0 Å². The number of benzene rings is 2. The van der Waals surface area contributed by atoms with Gasteiger partial charge in [0.1, 0.15) is 11.6 Å². The van der Waals surface area contributed by atoms with Crippen LogP contribution in [0, 0.1) is 26.6 Å². The molecule has 24 heavy (non-hydrogen) atoms. The molecule has 0 atom stereocenters. The minimum absolute atomic E-state index is 0.0746. The van der Waals surface area contributed by atoms with Crippen LogP contribution >= 0.6 is 15.9 Å². The summed E-state index contributed by atoms with van der Waals surface area (Å²) in [5, 5.41) is 0. The number of aryl methyl sites for hydroxylation is 1. The molecule has 0 radical (unpaired) electrons. The summed E-state index contributed by atoms with van der Waals surface area (Å²) in [4.78, 5) is 0.252. The van der Waals surface area contributed by atoms with Gasteiger partial charge in [-0.25, -0.2) is 17.5 Å². The Morgan fingerprint density at radius 2 is 1.83 bits per heavy atom. The lowest BCUT2D eigenvalue weighted by Crippen LogP contribution is -2.25. The van der Waals surface area contributed by atoms with Gasteiger partial charge in [-0.2, -0.15) is 0 Å². The molecule has 130 valence electrons. The first-order valence-electron chi connectivity index (χ1n) is 7.25. The standard InChI is InChI=1S/C17H19BrFNO3S/c1-10-7-16(23-4)11(2)12(3)17(10)24(21,22)20-9-13-5-6-15(19)14(18)8-13/h5-8,20H,9H2,1-4H3. The van der Waals surface area contributed by atoms with E-state index in [2.05, 4.69) is 20.7 Å². The van der Waals surface area contributed by atoms with Crippen LogP contribution < -0.4 is 9.46 Å². The largest absolute Gasteiger partial charge is 0.496 e. The van der Waals surface area contributed by atoms with Crippen molar-refractivity contribution >= 4 is 26.0 Å². The first-order valence-corrected chi connectivity index (χ1v) is 9.53. The van der Waals surface area contributed by atoms with Gasteiger partial charge >= 0.3 is 0 Å². The zero-order valence-corrected chi connectivity index (χ0v) is 16.3. The van der Waals surface area contributed by atoms with Crippen molar-refractivity contribution in [3.05, 3.63) is 56.8 Å². The average Bonchev–Trinajstić information content (AvgIpc) is 2.52. The highest BCUT2D eigenvalue weighted by atomic mass is 79.9. The number of rotatable bonds is 5. The van der Waals surface area contributed by atoms with E-state index in [-0.39, 0.29) is 17.3 Å². The fourth-order valence-electron chi connectivity index (χ4n) is 2.55. The monoisotopic (exact) mass is 415 g/mol. The van der Waals surface area contributed by atoms with E-state index >= 15 is 0 Å². The molecule has 4 nitrogen and oxygen atoms in total. The molecule has 2 aromatic carbocycles. The molecule has 0 aliphatic rings. The van der Waals surface area contributed by atoms with E-state index < -0.39 is 10.0 Å². The molecule has 0 aromatic heterocycles. The van der Waals surface area contributed by atoms with Gasteiger partial charge in [0.25, 0.3) is 0 Å². The lowest BCUT2D eigenvalue weighted by molar-refractivity contribution is 0.410. The van der Waals surface area contributed by atoms with Gasteiger partial charge in [-0.15, -0.1) is 0 Å². The van der Waals surface area contributed by atoms with Gasteiger partial charge in [0.2, 0.25) is 10.0 Å². The molecule has 0 spiro atoms. The van der Waals surface area contributed by atoms with E-state index in [1.54, 1.807) is 39.2 Å². The molecule has 0 amide bonds. The summed E-state index contributed by atoms with van der Waals surface area (Å²) < 4.78 is 46.8.